The van der Waals surface area contributed by atoms with Crippen LogP contribution in [0.1, 0.15) is 408 Å². The van der Waals surface area contributed by atoms with Crippen LogP contribution in [0.4, 0.5) is 0 Å². The maximum atomic E-state index is 13.1. The second-order valence-electron chi connectivity index (χ2n) is 29.1. The van der Waals surface area contributed by atoms with Crippen molar-refractivity contribution in [3.63, 3.8) is 0 Å². The van der Waals surface area contributed by atoms with Gasteiger partial charge in [0.1, 0.15) is 19.3 Å². The minimum Gasteiger partial charge on any atom is -0.462 e. The molecule has 17 nitrogen and oxygen atoms in total. The molecule has 19 heteroatoms. The summed E-state index contributed by atoms with van der Waals surface area (Å²) in [6, 6.07) is 0. The molecule has 0 aliphatic rings. The minimum atomic E-state index is -4.96. The monoisotopic (exact) mass is 1420 g/mol. The first-order valence-corrected chi connectivity index (χ1v) is 43.5. The van der Waals surface area contributed by atoms with E-state index in [2.05, 4.69) is 41.5 Å². The number of aliphatic hydroxyl groups excluding tert-OH is 1. The molecule has 0 aliphatic heterocycles. The third kappa shape index (κ3) is 72.2. The molecule has 0 fully saturated rings. The number of unbranched alkanes of at least 4 members (excludes halogenated alkanes) is 47. The van der Waals surface area contributed by atoms with Gasteiger partial charge < -0.3 is 33.8 Å². The molecular weight excluding hydrogens is 1270 g/mol. The number of rotatable bonds is 77. The Morgan fingerprint density at radius 2 is 0.474 bits per heavy atom. The SMILES string of the molecule is CCCCCCCCCCCCCCCCCCCCC(=O)O[C@H](COC(=O)CCCCCCCCCCCCCCCCCC)COP(=O)(O)OC[C@@H](O)COP(=O)(O)OC[C@@H](COC(=O)CCCCCCCCC(C)C)OC(=O)CCCCCCCCCCCCCC(C)C. The Hall–Kier alpha value is -1.94. The number of esters is 4. The van der Waals surface area contributed by atoms with Crippen LogP contribution in [0.3, 0.4) is 0 Å². The van der Waals surface area contributed by atoms with Crippen molar-refractivity contribution in [1.29, 1.82) is 0 Å². The zero-order valence-electron chi connectivity index (χ0n) is 63.4. The zero-order valence-corrected chi connectivity index (χ0v) is 65.2. The second-order valence-corrected chi connectivity index (χ2v) is 32.0. The van der Waals surface area contributed by atoms with Crippen LogP contribution in [-0.4, -0.2) is 96.7 Å². The van der Waals surface area contributed by atoms with Crippen LogP contribution in [0.25, 0.3) is 0 Å². The quantitative estimate of drug-likeness (QED) is 0.0222. The largest absolute Gasteiger partial charge is 0.472 e. The summed E-state index contributed by atoms with van der Waals surface area (Å²) in [5.41, 5.74) is 0. The van der Waals surface area contributed by atoms with Gasteiger partial charge in [0.2, 0.25) is 0 Å². The summed E-state index contributed by atoms with van der Waals surface area (Å²) in [6.45, 7) is 9.53. The molecule has 0 aliphatic carbocycles. The smallest absolute Gasteiger partial charge is 0.462 e. The molecule has 0 saturated heterocycles. The molecule has 2 unspecified atom stereocenters. The van der Waals surface area contributed by atoms with E-state index in [0.29, 0.717) is 31.6 Å². The van der Waals surface area contributed by atoms with Crippen molar-refractivity contribution < 1.29 is 80.2 Å². The highest BCUT2D eigenvalue weighted by molar-refractivity contribution is 7.47. The first kappa shape index (κ1) is 95.1. The Bertz CT molecular complexity index is 1870. The molecule has 0 aromatic rings. The number of phosphoric acid groups is 2. The van der Waals surface area contributed by atoms with Crippen LogP contribution in [0.2, 0.25) is 0 Å². The first-order chi connectivity index (χ1) is 46.9. The average molecular weight is 1420 g/mol. The lowest BCUT2D eigenvalue weighted by Gasteiger charge is -2.21. The summed E-state index contributed by atoms with van der Waals surface area (Å²) in [5, 5.41) is 10.6. The lowest BCUT2D eigenvalue weighted by molar-refractivity contribution is -0.161. The molecule has 0 aromatic heterocycles. The van der Waals surface area contributed by atoms with Gasteiger partial charge in [0.25, 0.3) is 0 Å². The molecule has 576 valence electrons. The molecule has 5 atom stereocenters. The van der Waals surface area contributed by atoms with E-state index in [1.165, 1.54) is 218 Å². The molecule has 0 rings (SSSR count). The predicted molar refractivity (Wildman–Crippen MR) is 395 cm³/mol. The van der Waals surface area contributed by atoms with Crippen LogP contribution >= 0.6 is 15.6 Å². The summed E-state index contributed by atoms with van der Waals surface area (Å²) in [4.78, 5) is 72.9. The molecule has 0 aromatic carbocycles. The molecule has 0 bridgehead atoms. The lowest BCUT2D eigenvalue weighted by atomic mass is 10.0. The van der Waals surface area contributed by atoms with Gasteiger partial charge in [-0.15, -0.1) is 0 Å². The fourth-order valence-corrected chi connectivity index (χ4v) is 13.6. The standard InChI is InChI=1S/C78H152O17P2/c1-7-9-11-13-15-17-19-21-23-25-26-28-30-34-38-42-50-56-62-77(82)94-73(66-88-75(80)60-54-48-41-37-33-29-27-24-22-20-18-16-14-12-10-8-2)68-92-96(84,85)90-64-72(79)65-91-97(86,87)93-69-74(67-89-76(81)61-55-49-45-44-47-53-59-71(5)6)95-78(83)63-57-51-43-39-35-31-32-36-40-46-52-58-70(3)4/h70-74,79H,7-69H2,1-6H3,(H,84,85)(H,86,87)/t72-,73-,74-/m1/s1. The van der Waals surface area contributed by atoms with Gasteiger partial charge in [-0.3, -0.25) is 37.3 Å². The topological polar surface area (TPSA) is 237 Å². The average Bonchev–Trinajstić information content (AvgIpc) is 1.33. The highest BCUT2D eigenvalue weighted by Crippen LogP contribution is 2.45. The van der Waals surface area contributed by atoms with E-state index in [4.69, 9.17) is 37.0 Å². The van der Waals surface area contributed by atoms with Gasteiger partial charge in [0.05, 0.1) is 26.4 Å². The van der Waals surface area contributed by atoms with Crippen LogP contribution in [0.5, 0.6) is 0 Å². The number of carbonyl (C=O) groups is 4. The number of aliphatic hydroxyl groups is 1. The molecule has 0 spiro atoms. The Labute approximate surface area is 594 Å². The molecule has 0 amide bonds. The molecule has 0 radical (unpaired) electrons. The fraction of sp³-hybridized carbons (Fsp3) is 0.949. The van der Waals surface area contributed by atoms with E-state index in [0.717, 1.165) is 102 Å². The van der Waals surface area contributed by atoms with Crippen molar-refractivity contribution in [2.45, 2.75) is 426 Å². The predicted octanol–water partition coefficient (Wildman–Crippen LogP) is 23.1. The van der Waals surface area contributed by atoms with Crippen LogP contribution < -0.4 is 0 Å². The summed E-state index contributed by atoms with van der Waals surface area (Å²) in [7, 11) is -9.91. The highest BCUT2D eigenvalue weighted by Gasteiger charge is 2.30. The zero-order chi connectivity index (χ0) is 71.4. The number of hydrogen-bond acceptors (Lipinski definition) is 15. The normalized spacial score (nSPS) is 14.0. The van der Waals surface area contributed by atoms with Crippen molar-refractivity contribution in [1.82, 2.24) is 0 Å². The Morgan fingerprint density at radius 1 is 0.278 bits per heavy atom. The van der Waals surface area contributed by atoms with Crippen LogP contribution in [-0.2, 0) is 65.4 Å². The third-order valence-corrected chi connectivity index (χ3v) is 20.1. The van der Waals surface area contributed by atoms with Gasteiger partial charge in [0, 0.05) is 25.7 Å². The van der Waals surface area contributed by atoms with Crippen molar-refractivity contribution >= 4 is 39.5 Å². The van der Waals surface area contributed by atoms with Gasteiger partial charge in [-0.2, -0.15) is 0 Å². The Kier molecular flexibility index (Phi) is 68.4. The lowest BCUT2D eigenvalue weighted by Crippen LogP contribution is -2.30. The Balaban J connectivity index is 5.23. The van der Waals surface area contributed by atoms with E-state index >= 15 is 0 Å². The Morgan fingerprint density at radius 3 is 0.701 bits per heavy atom. The minimum absolute atomic E-state index is 0.106. The van der Waals surface area contributed by atoms with Crippen molar-refractivity contribution in [3.05, 3.63) is 0 Å². The van der Waals surface area contributed by atoms with E-state index in [1.54, 1.807) is 0 Å². The van der Waals surface area contributed by atoms with Gasteiger partial charge >= 0.3 is 39.5 Å². The maximum absolute atomic E-state index is 13.1. The maximum Gasteiger partial charge on any atom is 0.472 e. The first-order valence-electron chi connectivity index (χ1n) is 40.5. The highest BCUT2D eigenvalue weighted by atomic mass is 31.2. The second kappa shape index (κ2) is 69.8. The summed E-state index contributed by atoms with van der Waals surface area (Å²) in [6.07, 6.45) is 58.4. The molecule has 97 heavy (non-hydrogen) atoms. The van der Waals surface area contributed by atoms with Crippen molar-refractivity contribution in [3.8, 4) is 0 Å². The van der Waals surface area contributed by atoms with E-state index in [1.807, 2.05) is 0 Å². The number of phosphoric ester groups is 2. The van der Waals surface area contributed by atoms with E-state index in [9.17, 15) is 43.2 Å². The molecule has 0 heterocycles. The van der Waals surface area contributed by atoms with Gasteiger partial charge in [-0.1, -0.05) is 356 Å². The van der Waals surface area contributed by atoms with Crippen molar-refractivity contribution in [2.24, 2.45) is 11.8 Å². The summed E-state index contributed by atoms with van der Waals surface area (Å²) < 4.78 is 68.6. The molecule has 3 N–H and O–H groups in total. The number of carbonyl (C=O) groups excluding carboxylic acids is 4. The molecular formula is C78H152O17P2. The van der Waals surface area contributed by atoms with Gasteiger partial charge in [-0.25, -0.2) is 9.13 Å². The summed E-state index contributed by atoms with van der Waals surface area (Å²) >= 11 is 0. The molecule has 0 saturated carbocycles. The van der Waals surface area contributed by atoms with E-state index < -0.39 is 97.5 Å². The van der Waals surface area contributed by atoms with Crippen LogP contribution in [0.15, 0.2) is 0 Å². The van der Waals surface area contributed by atoms with Crippen molar-refractivity contribution in [2.75, 3.05) is 39.6 Å². The van der Waals surface area contributed by atoms with Gasteiger partial charge in [-0.05, 0) is 37.5 Å². The third-order valence-electron chi connectivity index (χ3n) is 18.2. The summed E-state index contributed by atoms with van der Waals surface area (Å²) in [5.74, 6) is -0.669. The van der Waals surface area contributed by atoms with Gasteiger partial charge in [0.15, 0.2) is 12.2 Å². The number of hydrogen-bond donors (Lipinski definition) is 3. The van der Waals surface area contributed by atoms with Crippen LogP contribution in [0, 0.1) is 11.8 Å². The number of ether oxygens (including phenoxy) is 4. The van der Waals surface area contributed by atoms with E-state index in [-0.39, 0.29) is 25.7 Å². The fourth-order valence-electron chi connectivity index (χ4n) is 12.0.